The molecule has 2 aromatic rings. The van der Waals surface area contributed by atoms with E-state index in [1.807, 2.05) is 36.4 Å². The lowest BCUT2D eigenvalue weighted by Crippen LogP contribution is -2.30. The Kier molecular flexibility index (Phi) is 6.75. The van der Waals surface area contributed by atoms with E-state index >= 15 is 0 Å². The van der Waals surface area contributed by atoms with Crippen LogP contribution in [0.1, 0.15) is 30.6 Å². The van der Waals surface area contributed by atoms with E-state index in [-0.39, 0.29) is 5.97 Å². The Labute approximate surface area is 152 Å². The van der Waals surface area contributed by atoms with Crippen LogP contribution >= 0.6 is 23.6 Å². The minimum atomic E-state index is -0.374. The molecule has 0 amide bonds. The van der Waals surface area contributed by atoms with E-state index < -0.39 is 0 Å². The van der Waals surface area contributed by atoms with Crippen LogP contribution in [0, 0.1) is 5.92 Å². The molecule has 0 radical (unpaired) electrons. The summed E-state index contributed by atoms with van der Waals surface area (Å²) >= 11 is 6.81. The average molecular weight is 363 g/mol. The molecule has 2 rings (SSSR count). The van der Waals surface area contributed by atoms with Crippen molar-refractivity contribution < 1.29 is 9.53 Å². The van der Waals surface area contributed by atoms with Crippen molar-refractivity contribution in [3.8, 4) is 10.4 Å². The second-order valence-corrected chi connectivity index (χ2v) is 7.23. The molecule has 128 valence electrons. The summed E-state index contributed by atoms with van der Waals surface area (Å²) in [7, 11) is 1.38. The lowest BCUT2D eigenvalue weighted by atomic mass is 10.1. The normalized spacial score (nSPS) is 10.5. The Bertz CT molecular complexity index is 696. The molecule has 0 aliphatic carbocycles. The molecule has 24 heavy (non-hydrogen) atoms. The number of hydrogen-bond acceptors (Lipinski definition) is 4. The number of anilines is 1. The molecule has 0 aliphatic heterocycles. The van der Waals surface area contributed by atoms with E-state index in [2.05, 4.69) is 24.5 Å². The molecule has 0 bridgehead atoms. The van der Waals surface area contributed by atoms with Gasteiger partial charge in [0.15, 0.2) is 5.11 Å². The van der Waals surface area contributed by atoms with Gasteiger partial charge in [0.1, 0.15) is 5.00 Å². The van der Waals surface area contributed by atoms with Crippen molar-refractivity contribution in [2.75, 3.05) is 19.0 Å². The average Bonchev–Trinajstić information content (AvgIpc) is 2.98. The zero-order valence-corrected chi connectivity index (χ0v) is 15.7. The summed E-state index contributed by atoms with van der Waals surface area (Å²) in [4.78, 5) is 13.0. The standard InChI is InChI=1S/C18H22N2O2S2/c1-12(2)9-10-19-18(23)20-16-14(17(21)22-3)11-15(24-16)13-7-5-4-6-8-13/h4-8,11-12H,9-10H2,1-3H3,(H2,19,20,23). The minimum Gasteiger partial charge on any atom is -0.465 e. The van der Waals surface area contributed by atoms with Crippen molar-refractivity contribution in [1.82, 2.24) is 5.32 Å². The lowest BCUT2D eigenvalue weighted by molar-refractivity contribution is 0.0602. The van der Waals surface area contributed by atoms with E-state index in [0.717, 1.165) is 23.4 Å². The van der Waals surface area contributed by atoms with Gasteiger partial charge in [-0.3, -0.25) is 0 Å². The van der Waals surface area contributed by atoms with Crippen LogP contribution in [0.25, 0.3) is 10.4 Å². The van der Waals surface area contributed by atoms with Gasteiger partial charge in [-0.25, -0.2) is 4.79 Å². The summed E-state index contributed by atoms with van der Waals surface area (Å²) in [6.45, 7) is 5.13. The fraction of sp³-hybridized carbons (Fsp3) is 0.333. The number of carbonyl (C=O) groups is 1. The number of esters is 1. The highest BCUT2D eigenvalue weighted by Gasteiger charge is 2.18. The molecular formula is C18H22N2O2S2. The van der Waals surface area contributed by atoms with Crippen LogP contribution < -0.4 is 10.6 Å². The molecule has 0 spiro atoms. The van der Waals surface area contributed by atoms with Gasteiger partial charge in [-0.15, -0.1) is 11.3 Å². The number of carbonyl (C=O) groups excluding carboxylic acids is 1. The first-order chi connectivity index (χ1) is 11.5. The fourth-order valence-corrected chi connectivity index (χ4v) is 3.44. The molecular weight excluding hydrogens is 340 g/mol. The van der Waals surface area contributed by atoms with Crippen molar-refractivity contribution in [3.05, 3.63) is 42.0 Å². The Hall–Kier alpha value is -1.92. The molecule has 0 saturated carbocycles. The quantitative estimate of drug-likeness (QED) is 0.584. The summed E-state index contributed by atoms with van der Waals surface area (Å²) in [5, 5.41) is 7.51. The largest absolute Gasteiger partial charge is 0.465 e. The molecule has 1 heterocycles. The van der Waals surface area contributed by atoms with Crippen LogP contribution in [-0.2, 0) is 4.74 Å². The van der Waals surface area contributed by atoms with Gasteiger partial charge in [-0.1, -0.05) is 44.2 Å². The molecule has 0 unspecified atom stereocenters. The third kappa shape index (κ3) is 5.04. The third-order valence-corrected chi connectivity index (χ3v) is 4.78. The minimum absolute atomic E-state index is 0.374. The van der Waals surface area contributed by atoms with Gasteiger partial charge in [0, 0.05) is 11.4 Å². The van der Waals surface area contributed by atoms with E-state index in [0.29, 0.717) is 21.6 Å². The zero-order chi connectivity index (χ0) is 17.5. The van der Waals surface area contributed by atoms with Crippen molar-refractivity contribution >= 4 is 39.6 Å². The molecule has 0 aliphatic rings. The summed E-state index contributed by atoms with van der Waals surface area (Å²) in [6, 6.07) is 11.8. The summed E-state index contributed by atoms with van der Waals surface area (Å²) in [5.74, 6) is 0.235. The van der Waals surface area contributed by atoms with Gasteiger partial charge in [0.05, 0.1) is 12.7 Å². The number of benzene rings is 1. The molecule has 6 heteroatoms. The van der Waals surface area contributed by atoms with Gasteiger partial charge in [0.25, 0.3) is 0 Å². The molecule has 0 atom stereocenters. The van der Waals surface area contributed by atoms with Gasteiger partial charge in [-0.2, -0.15) is 0 Å². The number of thiophene rings is 1. The highest BCUT2D eigenvalue weighted by molar-refractivity contribution is 7.80. The topological polar surface area (TPSA) is 50.4 Å². The Morgan fingerprint density at radius 3 is 2.62 bits per heavy atom. The lowest BCUT2D eigenvalue weighted by Gasteiger charge is -2.11. The fourth-order valence-electron chi connectivity index (χ4n) is 2.11. The van der Waals surface area contributed by atoms with E-state index in [1.54, 1.807) is 0 Å². The SMILES string of the molecule is COC(=O)c1cc(-c2ccccc2)sc1NC(=S)NCCC(C)C. The maximum absolute atomic E-state index is 12.0. The maximum Gasteiger partial charge on any atom is 0.340 e. The van der Waals surface area contributed by atoms with Crippen LogP contribution in [0.4, 0.5) is 5.00 Å². The predicted octanol–water partition coefficient (Wildman–Crippen LogP) is 4.53. The first-order valence-corrected chi connectivity index (χ1v) is 9.06. The third-order valence-electron chi connectivity index (χ3n) is 3.43. The molecule has 0 saturated heterocycles. The summed E-state index contributed by atoms with van der Waals surface area (Å²) in [6.07, 6.45) is 1.03. The molecule has 0 fully saturated rings. The van der Waals surface area contributed by atoms with Crippen molar-refractivity contribution in [2.45, 2.75) is 20.3 Å². The van der Waals surface area contributed by atoms with Gasteiger partial charge in [0.2, 0.25) is 0 Å². The highest BCUT2D eigenvalue weighted by Crippen LogP contribution is 2.35. The number of rotatable bonds is 6. The van der Waals surface area contributed by atoms with E-state index in [4.69, 9.17) is 17.0 Å². The second-order valence-electron chi connectivity index (χ2n) is 5.77. The number of thiocarbonyl (C=S) groups is 1. The molecule has 1 aromatic carbocycles. The smallest absolute Gasteiger partial charge is 0.340 e. The van der Waals surface area contributed by atoms with Crippen molar-refractivity contribution in [1.29, 1.82) is 0 Å². The monoisotopic (exact) mass is 362 g/mol. The van der Waals surface area contributed by atoms with Gasteiger partial charge >= 0.3 is 5.97 Å². The highest BCUT2D eigenvalue weighted by atomic mass is 32.1. The second kappa shape index (κ2) is 8.80. The molecule has 4 nitrogen and oxygen atoms in total. The zero-order valence-electron chi connectivity index (χ0n) is 14.1. The Balaban J connectivity index is 2.17. The Morgan fingerprint density at radius 1 is 1.29 bits per heavy atom. The number of hydrogen-bond donors (Lipinski definition) is 2. The first kappa shape index (κ1) is 18.4. The van der Waals surface area contributed by atoms with E-state index in [1.165, 1.54) is 18.4 Å². The molecule has 1 aromatic heterocycles. The van der Waals surface area contributed by atoms with Crippen LogP contribution in [0.3, 0.4) is 0 Å². The van der Waals surface area contributed by atoms with E-state index in [9.17, 15) is 4.79 Å². The number of nitrogens with one attached hydrogen (secondary N) is 2. The van der Waals surface area contributed by atoms with Gasteiger partial charge in [-0.05, 0) is 36.2 Å². The maximum atomic E-state index is 12.0. The van der Waals surface area contributed by atoms with Crippen molar-refractivity contribution in [3.63, 3.8) is 0 Å². The van der Waals surface area contributed by atoms with Crippen LogP contribution in [-0.4, -0.2) is 24.7 Å². The van der Waals surface area contributed by atoms with Crippen LogP contribution in [0.5, 0.6) is 0 Å². The predicted molar refractivity (Wildman–Crippen MR) is 105 cm³/mol. The van der Waals surface area contributed by atoms with Crippen molar-refractivity contribution in [2.24, 2.45) is 5.92 Å². The first-order valence-electron chi connectivity index (χ1n) is 7.83. The van der Waals surface area contributed by atoms with Crippen LogP contribution in [0.15, 0.2) is 36.4 Å². The number of methoxy groups -OCH3 is 1. The number of ether oxygens (including phenoxy) is 1. The molecule has 2 N–H and O–H groups in total. The van der Waals surface area contributed by atoms with Gasteiger partial charge < -0.3 is 15.4 Å². The summed E-state index contributed by atoms with van der Waals surface area (Å²) in [5.41, 5.74) is 1.55. The van der Waals surface area contributed by atoms with Crippen LogP contribution in [0.2, 0.25) is 0 Å². The summed E-state index contributed by atoms with van der Waals surface area (Å²) < 4.78 is 4.88. The Morgan fingerprint density at radius 2 is 2.00 bits per heavy atom.